The van der Waals surface area contributed by atoms with Crippen LogP contribution in [-0.2, 0) is 0 Å². The first-order chi connectivity index (χ1) is 10.1. The summed E-state index contributed by atoms with van der Waals surface area (Å²) in [6.07, 6.45) is 0.841. The van der Waals surface area contributed by atoms with Crippen molar-refractivity contribution >= 4 is 17.2 Å². The number of anilines is 1. The molecule has 0 aliphatic heterocycles. The van der Waals surface area contributed by atoms with Crippen molar-refractivity contribution in [3.8, 4) is 0 Å². The second-order valence-electron chi connectivity index (χ2n) is 4.58. The van der Waals surface area contributed by atoms with Crippen molar-refractivity contribution in [1.82, 2.24) is 0 Å². The van der Waals surface area contributed by atoms with Gasteiger partial charge < -0.3 is 5.32 Å². The van der Waals surface area contributed by atoms with Gasteiger partial charge in [0.2, 0.25) is 0 Å². The van der Waals surface area contributed by atoms with E-state index in [-0.39, 0.29) is 17.0 Å². The summed E-state index contributed by atoms with van der Waals surface area (Å²) in [6, 6.07) is 13.3. The zero-order valence-corrected chi connectivity index (χ0v) is 11.7. The van der Waals surface area contributed by atoms with Crippen molar-refractivity contribution in [2.24, 2.45) is 0 Å². The van der Waals surface area contributed by atoms with E-state index in [4.69, 9.17) is 0 Å². The van der Waals surface area contributed by atoms with Crippen LogP contribution >= 0.6 is 0 Å². The summed E-state index contributed by atoms with van der Waals surface area (Å²) in [5.41, 5.74) is 0.754. The lowest BCUT2D eigenvalue weighted by Gasteiger charge is -2.09. The van der Waals surface area contributed by atoms with E-state index >= 15 is 0 Å². The fourth-order valence-corrected chi connectivity index (χ4v) is 2.07. The van der Waals surface area contributed by atoms with E-state index < -0.39 is 4.92 Å². The Hall–Kier alpha value is -2.69. The molecule has 1 N–H and O–H groups in total. The maximum absolute atomic E-state index is 12.5. The largest absolute Gasteiger partial charge is 0.379 e. The summed E-state index contributed by atoms with van der Waals surface area (Å²) in [6.45, 7) is 2.58. The molecular weight excluding hydrogens is 268 g/mol. The molecule has 0 amide bonds. The molecule has 0 saturated carbocycles. The van der Waals surface area contributed by atoms with Gasteiger partial charge in [-0.2, -0.15) is 0 Å². The molecule has 108 valence electrons. The third kappa shape index (κ3) is 3.25. The number of hydrogen-bond donors (Lipinski definition) is 1. The second-order valence-corrected chi connectivity index (χ2v) is 4.58. The molecule has 2 rings (SSSR count). The third-order valence-electron chi connectivity index (χ3n) is 3.06. The first kappa shape index (κ1) is 14.7. The molecule has 0 aromatic heterocycles. The Balaban J connectivity index is 2.48. The Morgan fingerprint density at radius 1 is 1.14 bits per heavy atom. The minimum absolute atomic E-state index is 0.104. The van der Waals surface area contributed by atoms with E-state index in [1.54, 1.807) is 42.5 Å². The summed E-state index contributed by atoms with van der Waals surface area (Å²) in [7, 11) is 0. The maximum Gasteiger partial charge on any atom is 0.303 e. The number of para-hydroxylation sites is 1. The zero-order chi connectivity index (χ0) is 15.2. The third-order valence-corrected chi connectivity index (χ3v) is 3.06. The van der Waals surface area contributed by atoms with Crippen LogP contribution in [0.25, 0.3) is 0 Å². The van der Waals surface area contributed by atoms with Crippen LogP contribution in [0, 0.1) is 10.1 Å². The van der Waals surface area contributed by atoms with Gasteiger partial charge in [0.25, 0.3) is 0 Å². The molecule has 0 fully saturated rings. The van der Waals surface area contributed by atoms with Crippen LogP contribution in [0.3, 0.4) is 0 Å². The van der Waals surface area contributed by atoms with Crippen LogP contribution in [0.2, 0.25) is 0 Å². The summed E-state index contributed by atoms with van der Waals surface area (Å²) in [5.74, 6) is -0.345. The summed E-state index contributed by atoms with van der Waals surface area (Å²) >= 11 is 0. The highest BCUT2D eigenvalue weighted by Gasteiger charge is 2.24. The number of nitro groups is 1. The molecule has 0 bridgehead atoms. The fraction of sp³-hybridized carbons (Fsp3) is 0.188. The van der Waals surface area contributed by atoms with E-state index in [0.717, 1.165) is 6.42 Å². The van der Waals surface area contributed by atoms with Crippen LogP contribution < -0.4 is 5.32 Å². The standard InChI is InChI=1S/C16H16N2O3/c1-2-11-17-14-10-6-9-13(15(14)18(20)21)16(19)12-7-4-3-5-8-12/h3-10,17H,2,11H2,1H3. The first-order valence-electron chi connectivity index (χ1n) is 6.76. The van der Waals surface area contributed by atoms with Gasteiger partial charge in [-0.1, -0.05) is 43.3 Å². The molecule has 0 aliphatic carbocycles. The van der Waals surface area contributed by atoms with Gasteiger partial charge in [-0.15, -0.1) is 0 Å². The van der Waals surface area contributed by atoms with Gasteiger partial charge >= 0.3 is 5.69 Å². The normalized spacial score (nSPS) is 10.1. The molecular formula is C16H16N2O3. The molecule has 0 spiro atoms. The number of rotatable bonds is 6. The predicted molar refractivity (Wildman–Crippen MR) is 81.8 cm³/mol. The maximum atomic E-state index is 12.5. The van der Waals surface area contributed by atoms with Crippen LogP contribution in [-0.4, -0.2) is 17.3 Å². The molecule has 2 aromatic rings. The van der Waals surface area contributed by atoms with E-state index in [9.17, 15) is 14.9 Å². The molecule has 0 radical (unpaired) electrons. The smallest absolute Gasteiger partial charge is 0.303 e. The molecule has 0 atom stereocenters. The predicted octanol–water partition coefficient (Wildman–Crippen LogP) is 3.65. The van der Waals surface area contributed by atoms with Gasteiger partial charge in [0.05, 0.1) is 4.92 Å². The van der Waals surface area contributed by atoms with E-state index in [2.05, 4.69) is 5.32 Å². The van der Waals surface area contributed by atoms with Crippen molar-refractivity contribution in [3.05, 3.63) is 69.8 Å². The quantitative estimate of drug-likeness (QED) is 0.499. The Morgan fingerprint density at radius 2 is 1.86 bits per heavy atom. The van der Waals surface area contributed by atoms with Crippen LogP contribution in [0.5, 0.6) is 0 Å². The van der Waals surface area contributed by atoms with Crippen LogP contribution in [0.1, 0.15) is 29.3 Å². The van der Waals surface area contributed by atoms with Gasteiger partial charge in [-0.3, -0.25) is 14.9 Å². The molecule has 2 aromatic carbocycles. The lowest BCUT2D eigenvalue weighted by Crippen LogP contribution is -2.09. The number of carbonyl (C=O) groups excluding carboxylic acids is 1. The van der Waals surface area contributed by atoms with E-state index in [1.165, 1.54) is 6.07 Å². The van der Waals surface area contributed by atoms with Crippen LogP contribution in [0.15, 0.2) is 48.5 Å². The van der Waals surface area contributed by atoms with Crippen LogP contribution in [0.4, 0.5) is 11.4 Å². The molecule has 5 heteroatoms. The average molecular weight is 284 g/mol. The van der Waals surface area contributed by atoms with Gasteiger partial charge in [-0.25, -0.2) is 0 Å². The number of hydrogen-bond acceptors (Lipinski definition) is 4. The molecule has 0 saturated heterocycles. The Labute approximate surface area is 122 Å². The van der Waals surface area contributed by atoms with Gasteiger partial charge in [-0.05, 0) is 18.6 Å². The minimum Gasteiger partial charge on any atom is -0.379 e. The number of nitrogens with zero attached hydrogens (tertiary/aromatic N) is 1. The number of benzene rings is 2. The fourth-order valence-electron chi connectivity index (χ4n) is 2.07. The lowest BCUT2D eigenvalue weighted by molar-refractivity contribution is -0.384. The summed E-state index contributed by atoms with van der Waals surface area (Å²) in [5, 5.41) is 14.4. The molecule has 0 aliphatic rings. The number of nitro benzene ring substituents is 1. The molecule has 21 heavy (non-hydrogen) atoms. The molecule has 0 heterocycles. The first-order valence-corrected chi connectivity index (χ1v) is 6.76. The average Bonchev–Trinajstić information content (AvgIpc) is 2.52. The van der Waals surface area contributed by atoms with Crippen molar-refractivity contribution < 1.29 is 9.72 Å². The lowest BCUT2D eigenvalue weighted by atomic mass is 10.0. The van der Waals surface area contributed by atoms with E-state index in [0.29, 0.717) is 17.8 Å². The van der Waals surface area contributed by atoms with Gasteiger partial charge in [0.1, 0.15) is 11.3 Å². The Morgan fingerprint density at radius 3 is 2.48 bits per heavy atom. The zero-order valence-electron chi connectivity index (χ0n) is 11.7. The van der Waals surface area contributed by atoms with Crippen molar-refractivity contribution in [2.45, 2.75) is 13.3 Å². The van der Waals surface area contributed by atoms with E-state index in [1.807, 2.05) is 6.92 Å². The van der Waals surface area contributed by atoms with Crippen molar-refractivity contribution in [3.63, 3.8) is 0 Å². The number of carbonyl (C=O) groups is 1. The second kappa shape index (κ2) is 6.65. The van der Waals surface area contributed by atoms with Crippen molar-refractivity contribution in [2.75, 3.05) is 11.9 Å². The van der Waals surface area contributed by atoms with Crippen molar-refractivity contribution in [1.29, 1.82) is 0 Å². The summed E-state index contributed by atoms with van der Waals surface area (Å²) < 4.78 is 0. The monoisotopic (exact) mass is 284 g/mol. The SMILES string of the molecule is CCCNc1cccc(C(=O)c2ccccc2)c1[N+](=O)[O-]. The highest BCUT2D eigenvalue weighted by molar-refractivity contribution is 6.12. The molecule has 5 nitrogen and oxygen atoms in total. The summed E-state index contributed by atoms with van der Waals surface area (Å²) in [4.78, 5) is 23.3. The Bertz CT molecular complexity index is 654. The Kier molecular flexibility index (Phi) is 4.66. The minimum atomic E-state index is -0.506. The number of nitrogens with one attached hydrogen (secondary N) is 1. The number of ketones is 1. The molecule has 0 unspecified atom stereocenters. The van der Waals surface area contributed by atoms with Gasteiger partial charge in [0, 0.05) is 12.1 Å². The highest BCUT2D eigenvalue weighted by atomic mass is 16.6. The highest BCUT2D eigenvalue weighted by Crippen LogP contribution is 2.30. The topological polar surface area (TPSA) is 72.2 Å². The van der Waals surface area contributed by atoms with Gasteiger partial charge in [0.15, 0.2) is 5.78 Å².